The molecule has 0 aromatic heterocycles. The quantitative estimate of drug-likeness (QED) is 0.789. The van der Waals surface area contributed by atoms with E-state index in [0.717, 1.165) is 18.7 Å². The van der Waals surface area contributed by atoms with Gasteiger partial charge in [-0.25, -0.2) is 0 Å². The summed E-state index contributed by atoms with van der Waals surface area (Å²) in [6.45, 7) is 2.04. The van der Waals surface area contributed by atoms with Crippen molar-refractivity contribution in [1.82, 2.24) is 16.0 Å². The molecule has 22 heavy (non-hydrogen) atoms. The second-order valence-corrected chi connectivity index (χ2v) is 5.99. The number of nitrogens with zero attached hydrogens (tertiary/aromatic N) is 1. The van der Waals surface area contributed by atoms with Crippen LogP contribution in [0.4, 0.5) is 0 Å². The van der Waals surface area contributed by atoms with Gasteiger partial charge in [0.05, 0.1) is 23.7 Å². The van der Waals surface area contributed by atoms with Crippen LogP contribution >= 0.6 is 0 Å². The summed E-state index contributed by atoms with van der Waals surface area (Å²) in [4.78, 5) is 0. The Balaban J connectivity index is 1.67. The number of rotatable bonds is 3. The van der Waals surface area contributed by atoms with Gasteiger partial charge in [-0.2, -0.15) is 5.26 Å². The number of hydrogen-bond donors (Lipinski definition) is 3. The standard InChI is InChI=1S/C18H18N4/c19-9-12-2-1-3-13(6-12)15-7-14-4-5-21-18(14)17(8-15)22-16-10-20-11-16/h1-8,14,16,18,20-22H,10-11H2. The molecule has 1 aromatic rings. The first-order valence-corrected chi connectivity index (χ1v) is 7.67. The van der Waals surface area contributed by atoms with Gasteiger partial charge in [-0.3, -0.25) is 0 Å². The first kappa shape index (κ1) is 13.2. The number of nitrogens with one attached hydrogen (secondary N) is 3. The van der Waals surface area contributed by atoms with E-state index in [1.54, 1.807) is 0 Å². The fraction of sp³-hybridized carbons (Fsp3) is 0.278. The molecular weight excluding hydrogens is 272 g/mol. The van der Waals surface area contributed by atoms with Crippen molar-refractivity contribution in [3.63, 3.8) is 0 Å². The fourth-order valence-corrected chi connectivity index (χ4v) is 3.16. The molecule has 3 aliphatic rings. The minimum absolute atomic E-state index is 0.309. The van der Waals surface area contributed by atoms with Crippen LogP contribution < -0.4 is 16.0 Å². The van der Waals surface area contributed by atoms with Crippen molar-refractivity contribution in [2.24, 2.45) is 5.92 Å². The summed E-state index contributed by atoms with van der Waals surface area (Å²) in [5.41, 5.74) is 4.22. The minimum atomic E-state index is 0.309. The molecule has 4 rings (SSSR count). The monoisotopic (exact) mass is 290 g/mol. The highest BCUT2D eigenvalue weighted by Crippen LogP contribution is 2.31. The summed E-state index contributed by atoms with van der Waals surface area (Å²) >= 11 is 0. The Kier molecular flexibility index (Phi) is 3.21. The summed E-state index contributed by atoms with van der Waals surface area (Å²) in [5.74, 6) is 0.362. The minimum Gasteiger partial charge on any atom is -0.382 e. The van der Waals surface area contributed by atoms with Gasteiger partial charge in [0.15, 0.2) is 0 Å². The maximum absolute atomic E-state index is 9.10. The molecule has 1 aromatic carbocycles. The van der Waals surface area contributed by atoms with Crippen molar-refractivity contribution in [2.75, 3.05) is 13.1 Å². The molecule has 4 heteroatoms. The SMILES string of the molecule is N#Cc1cccc(C2=CC3C=CNC3C(NC3CNC3)=C2)c1. The lowest BCUT2D eigenvalue weighted by molar-refractivity contribution is 0.376. The number of allylic oxidation sites excluding steroid dienone is 2. The van der Waals surface area contributed by atoms with Crippen molar-refractivity contribution in [3.8, 4) is 6.07 Å². The molecule has 2 heterocycles. The van der Waals surface area contributed by atoms with Crippen LogP contribution in [0, 0.1) is 17.2 Å². The summed E-state index contributed by atoms with van der Waals surface area (Å²) in [7, 11) is 0. The Morgan fingerprint density at radius 1 is 1.27 bits per heavy atom. The lowest BCUT2D eigenvalue weighted by Gasteiger charge is -2.35. The van der Waals surface area contributed by atoms with Gasteiger partial charge in [-0.1, -0.05) is 24.3 Å². The number of hydrogen-bond acceptors (Lipinski definition) is 4. The van der Waals surface area contributed by atoms with E-state index in [1.807, 2.05) is 24.4 Å². The van der Waals surface area contributed by atoms with Crippen molar-refractivity contribution in [2.45, 2.75) is 12.1 Å². The van der Waals surface area contributed by atoms with Gasteiger partial charge in [-0.05, 0) is 35.5 Å². The normalized spacial score (nSPS) is 26.1. The molecule has 1 fully saturated rings. The van der Waals surface area contributed by atoms with Gasteiger partial charge in [0, 0.05) is 24.7 Å². The average molecular weight is 290 g/mol. The van der Waals surface area contributed by atoms with Gasteiger partial charge < -0.3 is 16.0 Å². The Morgan fingerprint density at radius 3 is 2.95 bits per heavy atom. The molecule has 0 bridgehead atoms. The van der Waals surface area contributed by atoms with Crippen LogP contribution in [0.5, 0.6) is 0 Å². The van der Waals surface area contributed by atoms with Crippen LogP contribution in [-0.2, 0) is 0 Å². The van der Waals surface area contributed by atoms with E-state index in [2.05, 4.69) is 46.3 Å². The fourth-order valence-electron chi connectivity index (χ4n) is 3.16. The predicted molar refractivity (Wildman–Crippen MR) is 86.6 cm³/mol. The van der Waals surface area contributed by atoms with Crippen LogP contribution in [0.3, 0.4) is 0 Å². The van der Waals surface area contributed by atoms with Crippen molar-refractivity contribution < 1.29 is 0 Å². The zero-order valence-electron chi connectivity index (χ0n) is 12.2. The topological polar surface area (TPSA) is 59.9 Å². The molecule has 0 saturated carbocycles. The zero-order chi connectivity index (χ0) is 14.9. The van der Waals surface area contributed by atoms with E-state index in [1.165, 1.54) is 11.3 Å². The van der Waals surface area contributed by atoms with Gasteiger partial charge >= 0.3 is 0 Å². The molecule has 0 amide bonds. The largest absolute Gasteiger partial charge is 0.382 e. The smallest absolute Gasteiger partial charge is 0.0991 e. The van der Waals surface area contributed by atoms with Crippen molar-refractivity contribution >= 4 is 5.57 Å². The van der Waals surface area contributed by atoms with Crippen LogP contribution in [0.2, 0.25) is 0 Å². The first-order chi connectivity index (χ1) is 10.8. The Bertz CT molecular complexity index is 719. The Hall–Kier alpha value is -2.51. The van der Waals surface area contributed by atoms with Crippen molar-refractivity contribution in [1.29, 1.82) is 5.26 Å². The zero-order valence-corrected chi connectivity index (χ0v) is 12.2. The van der Waals surface area contributed by atoms with Crippen LogP contribution in [0.25, 0.3) is 5.57 Å². The molecule has 0 radical (unpaired) electrons. The summed E-state index contributed by atoms with van der Waals surface area (Å²) in [5, 5.41) is 19.5. The summed E-state index contributed by atoms with van der Waals surface area (Å²) in [6, 6.07) is 10.8. The van der Waals surface area contributed by atoms with Gasteiger partial charge in [0.25, 0.3) is 0 Å². The van der Waals surface area contributed by atoms with E-state index in [4.69, 9.17) is 5.26 Å². The first-order valence-electron chi connectivity index (χ1n) is 7.67. The molecule has 2 aliphatic heterocycles. The highest BCUT2D eigenvalue weighted by molar-refractivity contribution is 5.77. The van der Waals surface area contributed by atoms with E-state index in [0.29, 0.717) is 23.6 Å². The summed E-state index contributed by atoms with van der Waals surface area (Å²) in [6.07, 6.45) is 8.74. The maximum Gasteiger partial charge on any atom is 0.0991 e. The van der Waals surface area contributed by atoms with Gasteiger partial charge in [0.1, 0.15) is 0 Å². The maximum atomic E-state index is 9.10. The van der Waals surface area contributed by atoms with Crippen molar-refractivity contribution in [3.05, 3.63) is 65.5 Å². The molecular formula is C18H18N4. The third-order valence-corrected chi connectivity index (χ3v) is 4.47. The summed E-state index contributed by atoms with van der Waals surface area (Å²) < 4.78 is 0. The molecule has 2 atom stereocenters. The second kappa shape index (κ2) is 5.36. The van der Waals surface area contributed by atoms with Gasteiger partial charge in [0.2, 0.25) is 0 Å². The molecule has 0 spiro atoms. The lowest BCUT2D eigenvalue weighted by atomic mass is 9.87. The molecule has 1 saturated heterocycles. The average Bonchev–Trinajstić information content (AvgIpc) is 2.99. The molecule has 3 N–H and O–H groups in total. The van der Waals surface area contributed by atoms with E-state index in [-0.39, 0.29) is 0 Å². The highest BCUT2D eigenvalue weighted by atomic mass is 15.1. The van der Waals surface area contributed by atoms with E-state index in [9.17, 15) is 0 Å². The molecule has 110 valence electrons. The predicted octanol–water partition coefficient (Wildman–Crippen LogP) is 1.50. The van der Waals surface area contributed by atoms with E-state index >= 15 is 0 Å². The number of nitriles is 1. The highest BCUT2D eigenvalue weighted by Gasteiger charge is 2.30. The third-order valence-electron chi connectivity index (χ3n) is 4.47. The van der Waals surface area contributed by atoms with Crippen LogP contribution in [0.1, 0.15) is 11.1 Å². The molecule has 1 aliphatic carbocycles. The number of benzene rings is 1. The van der Waals surface area contributed by atoms with Gasteiger partial charge in [-0.15, -0.1) is 0 Å². The second-order valence-electron chi connectivity index (χ2n) is 5.99. The number of fused-ring (bicyclic) bond motifs is 1. The van der Waals surface area contributed by atoms with E-state index < -0.39 is 0 Å². The Labute approximate surface area is 130 Å². The third kappa shape index (κ3) is 2.30. The lowest BCUT2D eigenvalue weighted by Crippen LogP contribution is -2.57. The van der Waals surface area contributed by atoms with Crippen LogP contribution in [0.15, 0.2) is 54.4 Å². The molecule has 4 nitrogen and oxygen atoms in total. The Morgan fingerprint density at radius 2 is 2.18 bits per heavy atom. The van der Waals surface area contributed by atoms with Crippen LogP contribution in [-0.4, -0.2) is 25.2 Å². The molecule has 2 unspecified atom stereocenters.